The minimum Gasteiger partial charge on any atom is -0.383 e. The van der Waals surface area contributed by atoms with Crippen LogP contribution in [-0.2, 0) is 6.42 Å². The van der Waals surface area contributed by atoms with Gasteiger partial charge in [0.1, 0.15) is 11.6 Å². The Hall–Kier alpha value is -1.49. The molecule has 0 saturated carbocycles. The normalized spacial score (nSPS) is 10.7. The molecule has 0 spiro atoms. The third kappa shape index (κ3) is 2.92. The first kappa shape index (κ1) is 13.9. The van der Waals surface area contributed by atoms with Gasteiger partial charge in [-0.1, -0.05) is 25.5 Å². The number of halogens is 2. The molecule has 0 amide bonds. The molecule has 5 heteroatoms. The van der Waals surface area contributed by atoms with Crippen LogP contribution >= 0.6 is 15.9 Å². The Balaban J connectivity index is 2.52. The molecule has 0 aliphatic heterocycles. The number of hydrogen-bond donors (Lipinski definition) is 1. The summed E-state index contributed by atoms with van der Waals surface area (Å²) in [6.07, 6.45) is 1.76. The van der Waals surface area contributed by atoms with E-state index in [0.29, 0.717) is 22.8 Å². The number of rotatable bonds is 3. The Morgan fingerprint density at radius 1 is 1.32 bits per heavy atom. The summed E-state index contributed by atoms with van der Waals surface area (Å²) >= 11 is 3.39. The lowest BCUT2D eigenvalue weighted by Gasteiger charge is -2.09. The first-order valence-electron chi connectivity index (χ1n) is 6.11. The van der Waals surface area contributed by atoms with Crippen LogP contribution in [0.3, 0.4) is 0 Å². The van der Waals surface area contributed by atoms with Gasteiger partial charge < -0.3 is 5.73 Å². The van der Waals surface area contributed by atoms with E-state index in [9.17, 15) is 4.39 Å². The van der Waals surface area contributed by atoms with E-state index in [1.165, 1.54) is 6.07 Å². The molecule has 0 unspecified atom stereocenters. The molecule has 19 heavy (non-hydrogen) atoms. The summed E-state index contributed by atoms with van der Waals surface area (Å²) in [5.41, 5.74) is 7.96. The summed E-state index contributed by atoms with van der Waals surface area (Å²) in [4.78, 5) is 8.67. The van der Waals surface area contributed by atoms with Crippen LogP contribution in [0.2, 0.25) is 0 Å². The van der Waals surface area contributed by atoms with Gasteiger partial charge in [0.2, 0.25) is 0 Å². The van der Waals surface area contributed by atoms with Gasteiger partial charge in [-0.2, -0.15) is 0 Å². The molecule has 0 aliphatic carbocycles. The fourth-order valence-electron chi connectivity index (χ4n) is 1.78. The van der Waals surface area contributed by atoms with Crippen molar-refractivity contribution >= 4 is 21.7 Å². The zero-order valence-corrected chi connectivity index (χ0v) is 12.5. The van der Waals surface area contributed by atoms with Crippen molar-refractivity contribution in [2.75, 3.05) is 5.73 Å². The number of nitrogen functional groups attached to an aromatic ring is 1. The Kier molecular flexibility index (Phi) is 4.14. The third-order valence-electron chi connectivity index (χ3n) is 2.86. The van der Waals surface area contributed by atoms with Crippen LogP contribution in [0, 0.1) is 12.7 Å². The van der Waals surface area contributed by atoms with Gasteiger partial charge in [-0.05, 0) is 40.9 Å². The Morgan fingerprint density at radius 3 is 2.68 bits per heavy atom. The number of nitrogens with zero attached hydrogens (tertiary/aromatic N) is 2. The monoisotopic (exact) mass is 323 g/mol. The van der Waals surface area contributed by atoms with E-state index < -0.39 is 0 Å². The van der Waals surface area contributed by atoms with Crippen LogP contribution < -0.4 is 5.73 Å². The molecule has 3 nitrogen and oxygen atoms in total. The van der Waals surface area contributed by atoms with E-state index in [-0.39, 0.29) is 5.82 Å². The van der Waals surface area contributed by atoms with Crippen molar-refractivity contribution in [1.82, 2.24) is 9.97 Å². The van der Waals surface area contributed by atoms with Crippen molar-refractivity contribution in [3.63, 3.8) is 0 Å². The minimum absolute atomic E-state index is 0.264. The first-order chi connectivity index (χ1) is 9.02. The second-order valence-electron chi connectivity index (χ2n) is 4.41. The molecule has 0 aliphatic rings. The SMILES string of the molecule is CCCc1nc(-c2ccc(C)c(F)c2)nc(N)c1Br. The molecule has 2 rings (SSSR count). The summed E-state index contributed by atoms with van der Waals surface area (Å²) in [7, 11) is 0. The highest BCUT2D eigenvalue weighted by atomic mass is 79.9. The van der Waals surface area contributed by atoms with E-state index in [2.05, 4.69) is 32.8 Å². The van der Waals surface area contributed by atoms with Crippen molar-refractivity contribution in [2.24, 2.45) is 0 Å². The lowest BCUT2D eigenvalue weighted by Crippen LogP contribution is -2.03. The highest BCUT2D eigenvalue weighted by molar-refractivity contribution is 9.10. The molecule has 0 fully saturated rings. The van der Waals surface area contributed by atoms with Crippen molar-refractivity contribution in [2.45, 2.75) is 26.7 Å². The molecule has 2 aromatic rings. The van der Waals surface area contributed by atoms with E-state index in [4.69, 9.17) is 5.73 Å². The number of nitrogens with two attached hydrogens (primary N) is 1. The number of aromatic nitrogens is 2. The van der Waals surface area contributed by atoms with Crippen molar-refractivity contribution in [3.05, 3.63) is 39.7 Å². The predicted octanol–water partition coefficient (Wildman–Crippen LogP) is 3.89. The number of benzene rings is 1. The molecule has 1 aromatic heterocycles. The van der Waals surface area contributed by atoms with E-state index >= 15 is 0 Å². The summed E-state index contributed by atoms with van der Waals surface area (Å²) < 4.78 is 14.3. The van der Waals surface area contributed by atoms with Crippen LogP contribution in [0.4, 0.5) is 10.2 Å². The van der Waals surface area contributed by atoms with Gasteiger partial charge in [0.25, 0.3) is 0 Å². The molecule has 2 N–H and O–H groups in total. The average Bonchev–Trinajstić information content (AvgIpc) is 2.38. The molecule has 100 valence electrons. The lowest BCUT2D eigenvalue weighted by molar-refractivity contribution is 0.619. The van der Waals surface area contributed by atoms with Gasteiger partial charge >= 0.3 is 0 Å². The molecule has 0 atom stereocenters. The zero-order valence-electron chi connectivity index (χ0n) is 10.9. The number of hydrogen-bond acceptors (Lipinski definition) is 3. The van der Waals surface area contributed by atoms with Gasteiger partial charge in [0.05, 0.1) is 10.2 Å². The molecule has 0 radical (unpaired) electrons. The molecular formula is C14H15BrFN3. The van der Waals surface area contributed by atoms with Crippen LogP contribution in [0.15, 0.2) is 22.7 Å². The summed E-state index contributed by atoms with van der Waals surface area (Å²) in [5.74, 6) is 0.581. The Morgan fingerprint density at radius 2 is 2.05 bits per heavy atom. The predicted molar refractivity (Wildman–Crippen MR) is 78.3 cm³/mol. The van der Waals surface area contributed by atoms with E-state index in [1.54, 1.807) is 19.1 Å². The standard InChI is InChI=1S/C14H15BrFN3/c1-3-4-11-12(15)13(17)19-14(18-11)9-6-5-8(2)10(16)7-9/h5-7H,3-4H2,1-2H3,(H2,17,18,19). The number of aryl methyl sites for hydroxylation is 2. The fourth-order valence-corrected chi connectivity index (χ4v) is 2.15. The molecule has 1 aromatic carbocycles. The summed E-state index contributed by atoms with van der Waals surface area (Å²) in [6, 6.07) is 4.95. The largest absolute Gasteiger partial charge is 0.383 e. The van der Waals surface area contributed by atoms with E-state index in [0.717, 1.165) is 23.0 Å². The van der Waals surface area contributed by atoms with Crippen LogP contribution in [0.1, 0.15) is 24.6 Å². The Bertz CT molecular complexity index is 614. The number of anilines is 1. The van der Waals surface area contributed by atoms with Gasteiger partial charge in [-0.25, -0.2) is 14.4 Å². The average molecular weight is 324 g/mol. The zero-order chi connectivity index (χ0) is 14.0. The molecule has 0 bridgehead atoms. The molecular weight excluding hydrogens is 309 g/mol. The maximum absolute atomic E-state index is 13.6. The van der Waals surface area contributed by atoms with Gasteiger partial charge in [0.15, 0.2) is 5.82 Å². The first-order valence-corrected chi connectivity index (χ1v) is 6.90. The maximum Gasteiger partial charge on any atom is 0.161 e. The fraction of sp³-hybridized carbons (Fsp3) is 0.286. The van der Waals surface area contributed by atoms with Crippen LogP contribution in [-0.4, -0.2) is 9.97 Å². The van der Waals surface area contributed by atoms with Gasteiger partial charge in [-0.15, -0.1) is 0 Å². The minimum atomic E-state index is -0.264. The van der Waals surface area contributed by atoms with Crippen molar-refractivity contribution in [1.29, 1.82) is 0 Å². The molecule has 1 heterocycles. The highest BCUT2D eigenvalue weighted by Gasteiger charge is 2.12. The maximum atomic E-state index is 13.6. The summed E-state index contributed by atoms with van der Waals surface area (Å²) in [6.45, 7) is 3.79. The van der Waals surface area contributed by atoms with E-state index in [1.807, 2.05) is 0 Å². The second kappa shape index (κ2) is 5.65. The third-order valence-corrected chi connectivity index (χ3v) is 3.73. The highest BCUT2D eigenvalue weighted by Crippen LogP contribution is 2.26. The quantitative estimate of drug-likeness (QED) is 0.932. The second-order valence-corrected chi connectivity index (χ2v) is 5.20. The van der Waals surface area contributed by atoms with Crippen molar-refractivity contribution in [3.8, 4) is 11.4 Å². The van der Waals surface area contributed by atoms with Crippen LogP contribution in [0.5, 0.6) is 0 Å². The topological polar surface area (TPSA) is 51.8 Å². The summed E-state index contributed by atoms with van der Waals surface area (Å²) in [5, 5.41) is 0. The van der Waals surface area contributed by atoms with Gasteiger partial charge in [0, 0.05) is 5.56 Å². The van der Waals surface area contributed by atoms with Gasteiger partial charge in [-0.3, -0.25) is 0 Å². The lowest BCUT2D eigenvalue weighted by atomic mass is 10.1. The Labute approximate surface area is 120 Å². The smallest absolute Gasteiger partial charge is 0.161 e. The van der Waals surface area contributed by atoms with Crippen LogP contribution in [0.25, 0.3) is 11.4 Å². The van der Waals surface area contributed by atoms with Crippen molar-refractivity contribution < 1.29 is 4.39 Å². The molecule has 0 saturated heterocycles.